The molecule has 0 bridgehead atoms. The molecule has 0 saturated carbocycles. The lowest BCUT2D eigenvalue weighted by Gasteiger charge is -2.50. The summed E-state index contributed by atoms with van der Waals surface area (Å²) in [6, 6.07) is 95.8. The van der Waals surface area contributed by atoms with Crippen LogP contribution >= 0.6 is 0 Å². The Morgan fingerprint density at radius 3 is 1.35 bits per heavy atom. The van der Waals surface area contributed by atoms with Gasteiger partial charge in [-0.3, -0.25) is 5.32 Å². The van der Waals surface area contributed by atoms with E-state index in [9.17, 15) is 0 Å². The Kier molecular flexibility index (Phi) is 9.52. The van der Waals surface area contributed by atoms with Crippen molar-refractivity contribution in [1.29, 1.82) is 0 Å². The summed E-state index contributed by atoms with van der Waals surface area (Å²) in [6.45, 7) is 0. The highest BCUT2D eigenvalue weighted by atomic mass is 15.3. The van der Waals surface area contributed by atoms with Gasteiger partial charge >= 0.3 is 0 Å². The molecule has 0 radical (unpaired) electrons. The topological polar surface area (TPSA) is 36.4 Å². The average molecular weight is 870 g/mol. The van der Waals surface area contributed by atoms with Gasteiger partial charge in [0.15, 0.2) is 0 Å². The summed E-state index contributed by atoms with van der Waals surface area (Å²) in [4.78, 5) is 5.30. The number of fused-ring (bicyclic) bond motifs is 9. The lowest BCUT2D eigenvalue weighted by atomic mass is 9.51. The first-order chi connectivity index (χ1) is 33.7. The Morgan fingerprint density at radius 1 is 0.309 bits per heavy atom. The molecule has 13 rings (SSSR count). The van der Waals surface area contributed by atoms with Gasteiger partial charge in [-0.15, -0.1) is 0 Å². The molecule has 3 aliphatic rings. The molecule has 2 unspecified atom stereocenters. The standard InChI is InChI=1S/C65H47N3/c1-5-20-44(21-6-1)45-36-40-48(41-37-45)62-66-61(47-22-7-2-8-23-47)67-63(68-62)49-42-38-46(39-43-49)52-29-19-35-59-60(52)53-28-13-14-30-54(53)65(59)57-33-17-15-31-55(57)64(50-24-9-3-10-25-50,51-26-11-4-12-27-51)56-32-16-18-34-58(56)65/h1-43,61-62,66H,(H,67,68). The number of nitrogens with one attached hydrogen (secondary N) is 2. The maximum absolute atomic E-state index is 5.30. The van der Waals surface area contributed by atoms with Gasteiger partial charge in [0.05, 0.1) is 10.8 Å². The zero-order valence-corrected chi connectivity index (χ0v) is 37.4. The molecule has 0 aromatic heterocycles. The van der Waals surface area contributed by atoms with Crippen molar-refractivity contribution in [1.82, 2.24) is 10.6 Å². The Morgan fingerprint density at radius 2 is 0.750 bits per heavy atom. The predicted molar refractivity (Wildman–Crippen MR) is 278 cm³/mol. The lowest BCUT2D eigenvalue weighted by molar-refractivity contribution is 0.409. The summed E-state index contributed by atoms with van der Waals surface area (Å²) in [5.41, 5.74) is 20.0. The normalized spacial score (nSPS) is 16.9. The van der Waals surface area contributed by atoms with Crippen LogP contribution in [0.25, 0.3) is 33.4 Å². The van der Waals surface area contributed by atoms with E-state index in [1.54, 1.807) is 0 Å². The molecule has 3 nitrogen and oxygen atoms in total. The Bertz CT molecular complexity index is 3400. The zero-order chi connectivity index (χ0) is 45.1. The van der Waals surface area contributed by atoms with E-state index >= 15 is 0 Å². The van der Waals surface area contributed by atoms with E-state index in [1.165, 1.54) is 77.9 Å². The second-order valence-electron chi connectivity index (χ2n) is 18.2. The molecule has 1 heterocycles. The van der Waals surface area contributed by atoms with Gasteiger partial charge in [-0.25, -0.2) is 4.99 Å². The van der Waals surface area contributed by atoms with Crippen molar-refractivity contribution in [2.24, 2.45) is 4.99 Å². The smallest absolute Gasteiger partial charge is 0.131 e. The molecule has 2 aliphatic carbocycles. The molecule has 1 spiro atoms. The van der Waals surface area contributed by atoms with Crippen LogP contribution in [-0.4, -0.2) is 5.84 Å². The molecule has 0 amide bonds. The second kappa shape index (κ2) is 16.2. The molecule has 2 atom stereocenters. The van der Waals surface area contributed by atoms with Crippen LogP contribution in [0.5, 0.6) is 0 Å². The van der Waals surface area contributed by atoms with E-state index in [1.807, 2.05) is 0 Å². The third-order valence-electron chi connectivity index (χ3n) is 14.8. The summed E-state index contributed by atoms with van der Waals surface area (Å²) in [5.74, 6) is 0.861. The Balaban J connectivity index is 0.941. The molecule has 322 valence electrons. The number of benzene rings is 10. The summed E-state index contributed by atoms with van der Waals surface area (Å²) in [5, 5.41) is 7.57. The molecule has 10 aromatic rings. The van der Waals surface area contributed by atoms with Crippen molar-refractivity contribution in [3.63, 3.8) is 0 Å². The SMILES string of the molecule is c1ccc(-c2ccc(C3NC(c4ccc(-c5cccc6c5-c5ccccc5C65c6ccccc6C(c6ccccc6)(c6ccccc6)c6ccccc65)cc4)=NC(c4ccccc4)N3)cc2)cc1. The number of amidine groups is 1. The van der Waals surface area contributed by atoms with E-state index in [4.69, 9.17) is 4.99 Å². The maximum Gasteiger partial charge on any atom is 0.131 e. The van der Waals surface area contributed by atoms with Gasteiger partial charge < -0.3 is 5.32 Å². The zero-order valence-electron chi connectivity index (χ0n) is 37.4. The van der Waals surface area contributed by atoms with Crippen molar-refractivity contribution in [2.75, 3.05) is 0 Å². The van der Waals surface area contributed by atoms with Crippen molar-refractivity contribution in [3.8, 4) is 33.4 Å². The number of hydrogen-bond acceptors (Lipinski definition) is 3. The van der Waals surface area contributed by atoms with Crippen molar-refractivity contribution in [2.45, 2.75) is 23.2 Å². The van der Waals surface area contributed by atoms with Crippen molar-refractivity contribution >= 4 is 5.84 Å². The van der Waals surface area contributed by atoms with Gasteiger partial charge in [-0.05, 0) is 89.0 Å². The van der Waals surface area contributed by atoms with Gasteiger partial charge in [-0.1, -0.05) is 261 Å². The van der Waals surface area contributed by atoms with Crippen molar-refractivity contribution in [3.05, 3.63) is 322 Å². The van der Waals surface area contributed by atoms with Crippen LogP contribution in [0, 0.1) is 0 Å². The molecule has 0 fully saturated rings. The molecule has 10 aromatic carbocycles. The fraction of sp³-hybridized carbons (Fsp3) is 0.0615. The molecule has 3 heteroatoms. The minimum absolute atomic E-state index is 0.147. The minimum atomic E-state index is -0.559. The average Bonchev–Trinajstić information content (AvgIpc) is 3.73. The number of rotatable bonds is 7. The third kappa shape index (κ3) is 6.06. The van der Waals surface area contributed by atoms with Crippen LogP contribution in [0.3, 0.4) is 0 Å². The van der Waals surface area contributed by atoms with Gasteiger partial charge in [-0.2, -0.15) is 0 Å². The van der Waals surface area contributed by atoms with Crippen LogP contribution in [0.2, 0.25) is 0 Å². The monoisotopic (exact) mass is 869 g/mol. The van der Waals surface area contributed by atoms with Gasteiger partial charge in [0.25, 0.3) is 0 Å². The van der Waals surface area contributed by atoms with E-state index in [2.05, 4.69) is 271 Å². The summed E-state index contributed by atoms with van der Waals surface area (Å²) >= 11 is 0. The van der Waals surface area contributed by atoms with Gasteiger partial charge in [0.2, 0.25) is 0 Å². The quantitative estimate of drug-likeness (QED) is 0.167. The third-order valence-corrected chi connectivity index (χ3v) is 14.8. The van der Waals surface area contributed by atoms with E-state index < -0.39 is 10.8 Å². The first-order valence-electron chi connectivity index (χ1n) is 23.7. The van der Waals surface area contributed by atoms with E-state index in [0.717, 1.165) is 22.5 Å². The minimum Gasteiger partial charge on any atom is -0.350 e. The van der Waals surface area contributed by atoms with Crippen LogP contribution < -0.4 is 10.6 Å². The van der Waals surface area contributed by atoms with Crippen LogP contribution in [0.4, 0.5) is 0 Å². The fourth-order valence-corrected chi connectivity index (χ4v) is 11.9. The molecular weight excluding hydrogens is 823 g/mol. The number of aliphatic imine (C=N–C) groups is 1. The highest BCUT2D eigenvalue weighted by molar-refractivity contribution is 6.01. The Hall–Kier alpha value is -8.37. The Labute approximate surface area is 398 Å². The van der Waals surface area contributed by atoms with Crippen molar-refractivity contribution < 1.29 is 0 Å². The highest BCUT2D eigenvalue weighted by Gasteiger charge is 2.56. The number of hydrogen-bond donors (Lipinski definition) is 2. The van der Waals surface area contributed by atoms with Gasteiger partial charge in [0, 0.05) is 5.56 Å². The largest absolute Gasteiger partial charge is 0.350 e. The van der Waals surface area contributed by atoms with E-state index in [0.29, 0.717) is 0 Å². The second-order valence-corrected chi connectivity index (χ2v) is 18.2. The molecule has 1 aliphatic heterocycles. The first-order valence-corrected chi connectivity index (χ1v) is 23.7. The van der Waals surface area contributed by atoms with Crippen LogP contribution in [0.15, 0.2) is 266 Å². The molecule has 2 N–H and O–H groups in total. The summed E-state index contributed by atoms with van der Waals surface area (Å²) in [7, 11) is 0. The summed E-state index contributed by atoms with van der Waals surface area (Å²) in [6.07, 6.45) is -0.370. The lowest BCUT2D eigenvalue weighted by Crippen LogP contribution is -2.44. The fourth-order valence-electron chi connectivity index (χ4n) is 11.9. The predicted octanol–water partition coefficient (Wildman–Crippen LogP) is 14.4. The highest BCUT2D eigenvalue weighted by Crippen LogP contribution is 2.65. The van der Waals surface area contributed by atoms with Crippen LogP contribution in [0.1, 0.15) is 73.5 Å². The van der Waals surface area contributed by atoms with Gasteiger partial charge in [0.1, 0.15) is 18.2 Å². The first kappa shape index (κ1) is 39.9. The molecule has 0 saturated heterocycles. The molecular formula is C65H47N3. The summed E-state index contributed by atoms with van der Waals surface area (Å²) < 4.78 is 0. The maximum atomic E-state index is 5.30. The number of nitrogens with zero attached hydrogens (tertiary/aromatic N) is 1. The van der Waals surface area contributed by atoms with E-state index in [-0.39, 0.29) is 12.3 Å². The molecule has 68 heavy (non-hydrogen) atoms. The van der Waals surface area contributed by atoms with Crippen LogP contribution in [-0.2, 0) is 10.8 Å².